The summed E-state index contributed by atoms with van der Waals surface area (Å²) in [7, 11) is 1.38. The minimum absolute atomic E-state index is 0. The first-order valence-electron chi connectivity index (χ1n) is 5.11. The number of halogens is 1. The molecule has 4 nitrogen and oxygen atoms in total. The number of nitrogens with two attached hydrogens (primary N) is 1. The minimum atomic E-state index is -0.775. The van der Waals surface area contributed by atoms with Gasteiger partial charge in [-0.25, -0.2) is 0 Å². The number of esters is 1. The number of methoxy groups -OCH3 is 1. The van der Waals surface area contributed by atoms with E-state index in [2.05, 4.69) is 4.74 Å². The van der Waals surface area contributed by atoms with Gasteiger partial charge in [0.25, 0.3) is 0 Å². The van der Waals surface area contributed by atoms with Gasteiger partial charge in [0, 0.05) is 6.61 Å². The van der Waals surface area contributed by atoms with Crippen LogP contribution in [0.2, 0.25) is 0 Å². The minimum Gasteiger partial charge on any atom is -0.468 e. The van der Waals surface area contributed by atoms with Crippen LogP contribution in [-0.4, -0.2) is 31.3 Å². The number of hydrogen-bond donors (Lipinski definition) is 1. The van der Waals surface area contributed by atoms with Crippen molar-refractivity contribution in [1.29, 1.82) is 0 Å². The number of ether oxygens (including phenoxy) is 2. The van der Waals surface area contributed by atoms with Crippen LogP contribution >= 0.6 is 12.4 Å². The molecule has 0 spiro atoms. The van der Waals surface area contributed by atoms with Crippen molar-refractivity contribution >= 4 is 18.4 Å². The molecule has 0 unspecified atom stereocenters. The second kappa shape index (κ2) is 6.30. The highest BCUT2D eigenvalue weighted by atomic mass is 35.5. The Kier molecular flexibility index (Phi) is 6.17. The van der Waals surface area contributed by atoms with Crippen molar-refractivity contribution in [2.24, 2.45) is 5.73 Å². The summed E-state index contributed by atoms with van der Waals surface area (Å²) in [5, 5.41) is 0. The highest BCUT2D eigenvalue weighted by molar-refractivity contribution is 5.85. The molecule has 90 valence electrons. The molecule has 0 aromatic heterocycles. The van der Waals surface area contributed by atoms with Crippen LogP contribution < -0.4 is 5.73 Å². The second-order valence-electron chi connectivity index (χ2n) is 3.80. The molecule has 0 aliphatic heterocycles. The lowest BCUT2D eigenvalue weighted by Crippen LogP contribution is -2.52. The molecule has 5 heteroatoms. The molecule has 1 fully saturated rings. The molecule has 0 saturated heterocycles. The van der Waals surface area contributed by atoms with Crippen LogP contribution in [0, 0.1) is 0 Å². The summed E-state index contributed by atoms with van der Waals surface area (Å²) in [6.07, 6.45) is 3.27. The third kappa shape index (κ3) is 3.63. The maximum atomic E-state index is 11.4. The first-order valence-corrected chi connectivity index (χ1v) is 5.11. The quantitative estimate of drug-likeness (QED) is 0.751. The van der Waals surface area contributed by atoms with Crippen molar-refractivity contribution in [2.75, 3.05) is 13.7 Å². The van der Waals surface area contributed by atoms with Crippen LogP contribution in [0.1, 0.15) is 32.6 Å². The average Bonchev–Trinajstić information content (AvgIpc) is 2.21. The molecule has 0 aromatic rings. The predicted octanol–water partition coefficient (Wildman–Crippen LogP) is 1.26. The first-order chi connectivity index (χ1) is 6.62. The predicted molar refractivity (Wildman–Crippen MR) is 60.1 cm³/mol. The van der Waals surface area contributed by atoms with Crippen LogP contribution in [0.15, 0.2) is 0 Å². The van der Waals surface area contributed by atoms with E-state index < -0.39 is 5.54 Å². The van der Waals surface area contributed by atoms with Crippen LogP contribution in [0.4, 0.5) is 0 Å². The van der Waals surface area contributed by atoms with Gasteiger partial charge in [-0.2, -0.15) is 0 Å². The van der Waals surface area contributed by atoms with Gasteiger partial charge >= 0.3 is 5.97 Å². The fourth-order valence-corrected chi connectivity index (χ4v) is 1.92. The Bertz CT molecular complexity index is 203. The summed E-state index contributed by atoms with van der Waals surface area (Å²) in [6.45, 7) is 2.70. The first kappa shape index (κ1) is 14.7. The van der Waals surface area contributed by atoms with Gasteiger partial charge in [-0.15, -0.1) is 12.4 Å². The lowest BCUT2D eigenvalue weighted by molar-refractivity contribution is -0.149. The van der Waals surface area contributed by atoms with Crippen molar-refractivity contribution in [3.8, 4) is 0 Å². The summed E-state index contributed by atoms with van der Waals surface area (Å²) >= 11 is 0. The lowest BCUT2D eigenvalue weighted by Gasteiger charge is -2.34. The third-order valence-corrected chi connectivity index (χ3v) is 2.82. The van der Waals surface area contributed by atoms with Crippen LogP contribution in [0.5, 0.6) is 0 Å². The number of rotatable bonds is 3. The monoisotopic (exact) mass is 237 g/mol. The van der Waals surface area contributed by atoms with Gasteiger partial charge < -0.3 is 15.2 Å². The van der Waals surface area contributed by atoms with E-state index in [1.54, 1.807) is 0 Å². The topological polar surface area (TPSA) is 61.5 Å². The molecule has 0 aromatic carbocycles. The Morgan fingerprint density at radius 2 is 2.00 bits per heavy atom. The standard InChI is InChI=1S/C10H19NO3.ClH/c1-3-14-8-4-6-10(11,7-5-8)9(12)13-2;/h8H,3-7,11H2,1-2H3;1H/t8-,10-;. The average molecular weight is 238 g/mol. The van der Waals surface area contributed by atoms with Crippen LogP contribution in [0.3, 0.4) is 0 Å². The molecule has 0 heterocycles. The van der Waals surface area contributed by atoms with Gasteiger partial charge in [0.15, 0.2) is 0 Å². The maximum Gasteiger partial charge on any atom is 0.325 e. The Labute approximate surface area is 96.9 Å². The summed E-state index contributed by atoms with van der Waals surface area (Å²) in [5.41, 5.74) is 5.17. The molecule has 0 amide bonds. The summed E-state index contributed by atoms with van der Waals surface area (Å²) in [4.78, 5) is 11.4. The number of hydrogen-bond acceptors (Lipinski definition) is 4. The van der Waals surface area contributed by atoms with E-state index >= 15 is 0 Å². The van der Waals surface area contributed by atoms with Crippen molar-refractivity contribution in [2.45, 2.75) is 44.2 Å². The lowest BCUT2D eigenvalue weighted by atomic mass is 9.81. The molecule has 1 saturated carbocycles. The molecular weight excluding hydrogens is 218 g/mol. The van der Waals surface area contributed by atoms with Crippen LogP contribution in [-0.2, 0) is 14.3 Å². The van der Waals surface area contributed by atoms with E-state index in [4.69, 9.17) is 10.5 Å². The van der Waals surface area contributed by atoms with Gasteiger partial charge in [-0.05, 0) is 32.6 Å². The van der Waals surface area contributed by atoms with Gasteiger partial charge in [0.05, 0.1) is 13.2 Å². The van der Waals surface area contributed by atoms with E-state index in [1.165, 1.54) is 7.11 Å². The number of carbonyl (C=O) groups excluding carboxylic acids is 1. The largest absolute Gasteiger partial charge is 0.468 e. The molecule has 0 bridgehead atoms. The zero-order valence-corrected chi connectivity index (χ0v) is 10.1. The van der Waals surface area contributed by atoms with Crippen LogP contribution in [0.25, 0.3) is 0 Å². The van der Waals surface area contributed by atoms with E-state index in [0.717, 1.165) is 19.4 Å². The van der Waals surface area contributed by atoms with E-state index in [0.29, 0.717) is 12.8 Å². The van der Waals surface area contributed by atoms with E-state index in [9.17, 15) is 4.79 Å². The second-order valence-corrected chi connectivity index (χ2v) is 3.80. The fourth-order valence-electron chi connectivity index (χ4n) is 1.92. The van der Waals surface area contributed by atoms with Gasteiger partial charge in [0.2, 0.25) is 0 Å². The smallest absolute Gasteiger partial charge is 0.325 e. The summed E-state index contributed by atoms with van der Waals surface area (Å²) in [5.74, 6) is -0.299. The van der Waals surface area contributed by atoms with Gasteiger partial charge in [-0.1, -0.05) is 0 Å². The number of carbonyl (C=O) groups is 1. The summed E-state index contributed by atoms with van der Waals surface area (Å²) < 4.78 is 10.2. The molecule has 2 N–H and O–H groups in total. The molecule has 1 aliphatic carbocycles. The van der Waals surface area contributed by atoms with E-state index in [-0.39, 0.29) is 24.5 Å². The van der Waals surface area contributed by atoms with Crippen molar-refractivity contribution < 1.29 is 14.3 Å². The Hall–Kier alpha value is -0.320. The molecule has 0 atom stereocenters. The SMILES string of the molecule is CCO[C@H]1CC[C@@](N)(C(=O)OC)CC1.Cl. The van der Waals surface area contributed by atoms with Crippen molar-refractivity contribution in [1.82, 2.24) is 0 Å². The van der Waals surface area contributed by atoms with Crippen molar-refractivity contribution in [3.63, 3.8) is 0 Å². The van der Waals surface area contributed by atoms with Gasteiger partial charge in [0.1, 0.15) is 5.54 Å². The fraction of sp³-hybridized carbons (Fsp3) is 0.900. The zero-order valence-electron chi connectivity index (χ0n) is 9.32. The molecule has 0 radical (unpaired) electrons. The van der Waals surface area contributed by atoms with E-state index in [1.807, 2.05) is 6.92 Å². The Balaban J connectivity index is 0.00000196. The maximum absolute atomic E-state index is 11.4. The normalized spacial score (nSPS) is 30.5. The Morgan fingerprint density at radius 3 is 2.40 bits per heavy atom. The molecular formula is C10H20ClNO3. The summed E-state index contributed by atoms with van der Waals surface area (Å²) in [6, 6.07) is 0. The zero-order chi connectivity index (χ0) is 10.6. The van der Waals surface area contributed by atoms with Crippen molar-refractivity contribution in [3.05, 3.63) is 0 Å². The highest BCUT2D eigenvalue weighted by Gasteiger charge is 2.39. The third-order valence-electron chi connectivity index (χ3n) is 2.82. The highest BCUT2D eigenvalue weighted by Crippen LogP contribution is 2.28. The van der Waals surface area contributed by atoms with Gasteiger partial charge in [-0.3, -0.25) is 4.79 Å². The molecule has 1 rings (SSSR count). The molecule has 15 heavy (non-hydrogen) atoms. The Morgan fingerprint density at radius 1 is 1.47 bits per heavy atom. The molecule has 1 aliphatic rings.